The Morgan fingerprint density at radius 3 is 3.11 bits per heavy atom. The van der Waals surface area contributed by atoms with Crippen LogP contribution in [-0.2, 0) is 4.74 Å². The number of hydrogen-bond donors (Lipinski definition) is 1. The van der Waals surface area contributed by atoms with E-state index in [0.29, 0.717) is 6.61 Å². The minimum absolute atomic E-state index is 0.00812. The third-order valence-corrected chi connectivity index (χ3v) is 3.13. The van der Waals surface area contributed by atoms with Crippen molar-refractivity contribution in [2.75, 3.05) is 13.2 Å². The number of aromatic nitrogens is 1. The first kappa shape index (κ1) is 13.1. The lowest BCUT2D eigenvalue weighted by atomic mass is 10.1. The van der Waals surface area contributed by atoms with Crippen LogP contribution < -0.4 is 4.74 Å². The number of carboxylic acids is 1. The van der Waals surface area contributed by atoms with E-state index in [4.69, 9.17) is 26.2 Å². The van der Waals surface area contributed by atoms with Crippen LogP contribution in [0.3, 0.4) is 0 Å². The molecular formula is C12H14ClNO4. The Balaban J connectivity index is 2.00. The number of pyridine rings is 1. The molecule has 0 bridgehead atoms. The summed E-state index contributed by atoms with van der Waals surface area (Å²) in [5.74, 6) is -0.952. The lowest BCUT2D eigenvalue weighted by Gasteiger charge is -2.22. The van der Waals surface area contributed by atoms with E-state index in [0.717, 1.165) is 25.9 Å². The summed E-state index contributed by atoms with van der Waals surface area (Å²) in [7, 11) is 0. The maximum absolute atomic E-state index is 10.9. The number of rotatable bonds is 4. The topological polar surface area (TPSA) is 68.7 Å². The molecular weight excluding hydrogens is 258 g/mol. The van der Waals surface area contributed by atoms with Gasteiger partial charge in [0, 0.05) is 12.8 Å². The Hall–Kier alpha value is -1.33. The smallest absolute Gasteiger partial charge is 0.337 e. The first-order chi connectivity index (χ1) is 8.68. The number of nitrogens with zero attached hydrogens (tertiary/aromatic N) is 1. The first-order valence-electron chi connectivity index (χ1n) is 5.80. The number of halogens is 1. The summed E-state index contributed by atoms with van der Waals surface area (Å²) >= 11 is 5.91. The van der Waals surface area contributed by atoms with Crippen LogP contribution in [0.4, 0.5) is 0 Å². The summed E-state index contributed by atoms with van der Waals surface area (Å²) < 4.78 is 10.9. The zero-order valence-electron chi connectivity index (χ0n) is 9.76. The molecule has 1 atom stereocenters. The Morgan fingerprint density at radius 1 is 1.61 bits per heavy atom. The van der Waals surface area contributed by atoms with Gasteiger partial charge in [0.05, 0.1) is 11.7 Å². The molecule has 6 heteroatoms. The molecule has 5 nitrogen and oxygen atoms in total. The van der Waals surface area contributed by atoms with Crippen LogP contribution in [0.1, 0.15) is 29.6 Å². The SMILES string of the molecule is O=C(O)c1ccnc(OCC2CCCCO2)c1Cl. The quantitative estimate of drug-likeness (QED) is 0.910. The third kappa shape index (κ3) is 3.11. The van der Waals surface area contributed by atoms with Gasteiger partial charge in [-0.05, 0) is 25.3 Å². The minimum Gasteiger partial charge on any atom is -0.478 e. The van der Waals surface area contributed by atoms with Crippen LogP contribution in [0.5, 0.6) is 5.88 Å². The molecule has 18 heavy (non-hydrogen) atoms. The number of carbonyl (C=O) groups is 1. The summed E-state index contributed by atoms with van der Waals surface area (Å²) in [6.45, 7) is 1.08. The second kappa shape index (κ2) is 6.02. The molecule has 0 amide bonds. The van der Waals surface area contributed by atoms with Crippen molar-refractivity contribution in [3.63, 3.8) is 0 Å². The molecule has 2 heterocycles. The van der Waals surface area contributed by atoms with Gasteiger partial charge in [-0.15, -0.1) is 0 Å². The van der Waals surface area contributed by atoms with Gasteiger partial charge in [-0.2, -0.15) is 0 Å². The second-order valence-corrected chi connectivity index (χ2v) is 4.46. The van der Waals surface area contributed by atoms with E-state index in [1.807, 2.05) is 0 Å². The summed E-state index contributed by atoms with van der Waals surface area (Å²) in [6, 6.07) is 1.34. The predicted octanol–water partition coefficient (Wildman–Crippen LogP) is 2.38. The fraction of sp³-hybridized carbons (Fsp3) is 0.500. The molecule has 0 spiro atoms. The zero-order valence-corrected chi connectivity index (χ0v) is 10.5. The van der Waals surface area contributed by atoms with Crippen molar-refractivity contribution in [3.8, 4) is 5.88 Å². The van der Waals surface area contributed by atoms with Gasteiger partial charge in [0.25, 0.3) is 0 Å². The van der Waals surface area contributed by atoms with Crippen molar-refractivity contribution in [2.45, 2.75) is 25.4 Å². The van der Waals surface area contributed by atoms with Gasteiger partial charge < -0.3 is 14.6 Å². The van der Waals surface area contributed by atoms with Gasteiger partial charge in [0.2, 0.25) is 5.88 Å². The molecule has 1 N–H and O–H groups in total. The van der Waals surface area contributed by atoms with Gasteiger partial charge >= 0.3 is 5.97 Å². The van der Waals surface area contributed by atoms with Crippen LogP contribution in [0.2, 0.25) is 5.02 Å². The highest BCUT2D eigenvalue weighted by molar-refractivity contribution is 6.34. The summed E-state index contributed by atoms with van der Waals surface area (Å²) in [5, 5.41) is 8.94. The molecule has 1 fully saturated rings. The van der Waals surface area contributed by atoms with Crippen LogP contribution >= 0.6 is 11.6 Å². The van der Waals surface area contributed by atoms with Gasteiger partial charge in [-0.1, -0.05) is 11.6 Å². The van der Waals surface area contributed by atoms with Crippen molar-refractivity contribution in [3.05, 3.63) is 22.8 Å². The molecule has 2 rings (SSSR count). The molecule has 1 saturated heterocycles. The van der Waals surface area contributed by atoms with E-state index in [1.165, 1.54) is 12.3 Å². The molecule has 0 saturated carbocycles. The van der Waals surface area contributed by atoms with E-state index in [2.05, 4.69) is 4.98 Å². The summed E-state index contributed by atoms with van der Waals surface area (Å²) in [6.07, 6.45) is 4.53. The largest absolute Gasteiger partial charge is 0.478 e. The average Bonchev–Trinajstić information content (AvgIpc) is 2.38. The molecule has 1 aromatic heterocycles. The maximum atomic E-state index is 10.9. The molecule has 1 aliphatic rings. The molecule has 0 radical (unpaired) electrons. The minimum atomic E-state index is -1.10. The van der Waals surface area contributed by atoms with E-state index in [1.54, 1.807) is 0 Å². The first-order valence-corrected chi connectivity index (χ1v) is 6.18. The van der Waals surface area contributed by atoms with Crippen molar-refractivity contribution in [1.29, 1.82) is 0 Å². The van der Waals surface area contributed by atoms with Gasteiger partial charge in [0.15, 0.2) is 0 Å². The van der Waals surface area contributed by atoms with Crippen molar-refractivity contribution in [2.24, 2.45) is 0 Å². The lowest BCUT2D eigenvalue weighted by Crippen LogP contribution is -2.26. The lowest BCUT2D eigenvalue weighted by molar-refractivity contribution is -0.0119. The molecule has 0 aliphatic carbocycles. The van der Waals surface area contributed by atoms with E-state index in [9.17, 15) is 4.79 Å². The van der Waals surface area contributed by atoms with Crippen molar-refractivity contribution in [1.82, 2.24) is 4.98 Å². The normalized spacial score (nSPS) is 19.5. The van der Waals surface area contributed by atoms with E-state index >= 15 is 0 Å². The predicted molar refractivity (Wildman–Crippen MR) is 65.3 cm³/mol. The highest BCUT2D eigenvalue weighted by Crippen LogP contribution is 2.26. The summed E-state index contributed by atoms with van der Waals surface area (Å²) in [5.41, 5.74) is -0.00812. The molecule has 1 aliphatic heterocycles. The Labute approximate surface area is 110 Å². The van der Waals surface area contributed by atoms with Gasteiger partial charge in [-0.25, -0.2) is 9.78 Å². The van der Waals surface area contributed by atoms with Crippen molar-refractivity contribution < 1.29 is 19.4 Å². The van der Waals surface area contributed by atoms with Gasteiger partial charge in [-0.3, -0.25) is 0 Å². The van der Waals surface area contributed by atoms with Gasteiger partial charge in [0.1, 0.15) is 11.6 Å². The van der Waals surface area contributed by atoms with Crippen LogP contribution in [0, 0.1) is 0 Å². The Morgan fingerprint density at radius 2 is 2.44 bits per heavy atom. The van der Waals surface area contributed by atoms with Crippen LogP contribution in [-0.4, -0.2) is 35.4 Å². The maximum Gasteiger partial charge on any atom is 0.337 e. The Bertz CT molecular complexity index is 432. The zero-order chi connectivity index (χ0) is 13.0. The molecule has 1 aromatic rings. The average molecular weight is 272 g/mol. The van der Waals surface area contributed by atoms with Crippen LogP contribution in [0.25, 0.3) is 0 Å². The molecule has 0 aromatic carbocycles. The Kier molecular flexibility index (Phi) is 4.38. The molecule has 98 valence electrons. The fourth-order valence-electron chi connectivity index (χ4n) is 1.80. The standard InChI is InChI=1S/C12H14ClNO4/c13-10-9(12(15)16)4-5-14-11(10)18-7-8-3-1-2-6-17-8/h4-5,8H,1-3,6-7H2,(H,15,16). The fourth-order valence-corrected chi connectivity index (χ4v) is 2.05. The third-order valence-electron chi connectivity index (χ3n) is 2.77. The number of carboxylic acid groups (broad SMARTS) is 1. The highest BCUT2D eigenvalue weighted by atomic mass is 35.5. The van der Waals surface area contributed by atoms with Crippen molar-refractivity contribution >= 4 is 17.6 Å². The van der Waals surface area contributed by atoms with E-state index < -0.39 is 5.97 Å². The monoisotopic (exact) mass is 271 g/mol. The summed E-state index contributed by atoms with van der Waals surface area (Å²) in [4.78, 5) is 14.8. The highest BCUT2D eigenvalue weighted by Gasteiger charge is 2.18. The van der Waals surface area contributed by atoms with Crippen LogP contribution in [0.15, 0.2) is 12.3 Å². The number of ether oxygens (including phenoxy) is 2. The number of aromatic carboxylic acids is 1. The van der Waals surface area contributed by atoms with E-state index in [-0.39, 0.29) is 22.6 Å². The molecule has 1 unspecified atom stereocenters. The second-order valence-electron chi connectivity index (χ2n) is 4.08. The number of hydrogen-bond acceptors (Lipinski definition) is 4.